The normalized spacial score (nSPS) is 19.1. The van der Waals surface area contributed by atoms with Crippen LogP contribution in [0, 0.1) is 0 Å². The number of fused-ring (bicyclic) bond motifs is 1. The average molecular weight is 380 g/mol. The molecule has 2 aromatic rings. The zero-order chi connectivity index (χ0) is 18.1. The number of rotatable bonds is 3. The molecule has 26 heavy (non-hydrogen) atoms. The number of hydrazone groups is 1. The third kappa shape index (κ3) is 2.93. The molecule has 0 radical (unpaired) electrons. The van der Waals surface area contributed by atoms with Crippen molar-refractivity contribution in [1.29, 1.82) is 0 Å². The monoisotopic (exact) mass is 380 g/mol. The molecule has 2 heterocycles. The Labute approximate surface area is 161 Å². The summed E-state index contributed by atoms with van der Waals surface area (Å²) in [5.74, 6) is -0.183. The maximum absolute atomic E-state index is 13.2. The maximum atomic E-state index is 13.2. The summed E-state index contributed by atoms with van der Waals surface area (Å²) < 4.78 is 0. The van der Waals surface area contributed by atoms with E-state index in [2.05, 4.69) is 5.10 Å². The SMILES string of the molecule is CCC1=NN2C(=S)N(C(=O)c3ccccc3)C(c3ccccc3)N=C2S1. The van der Waals surface area contributed by atoms with E-state index >= 15 is 0 Å². The van der Waals surface area contributed by atoms with E-state index in [4.69, 9.17) is 17.2 Å². The highest BCUT2D eigenvalue weighted by atomic mass is 32.2. The topological polar surface area (TPSA) is 48.3 Å². The summed E-state index contributed by atoms with van der Waals surface area (Å²) in [4.78, 5) is 19.6. The standard InChI is InChI=1S/C19H16N4OS2/c1-2-15-21-23-18(26-15)20-16(13-9-5-3-6-10-13)22(19(23)25)17(24)14-11-7-4-8-12-14/h3-12,16H,2H2,1H3. The van der Waals surface area contributed by atoms with Gasteiger partial charge >= 0.3 is 0 Å². The number of aliphatic imine (C=N–C) groups is 1. The molecule has 1 unspecified atom stereocenters. The molecule has 1 amide bonds. The summed E-state index contributed by atoms with van der Waals surface area (Å²) in [7, 11) is 0. The van der Waals surface area contributed by atoms with Crippen LogP contribution >= 0.6 is 24.0 Å². The van der Waals surface area contributed by atoms with Gasteiger partial charge in [-0.05, 0) is 48.1 Å². The molecule has 130 valence electrons. The number of amides is 1. The molecule has 0 saturated heterocycles. The lowest BCUT2D eigenvalue weighted by atomic mass is 10.1. The number of nitrogens with zero attached hydrogens (tertiary/aromatic N) is 4. The van der Waals surface area contributed by atoms with Gasteiger partial charge in [-0.3, -0.25) is 9.69 Å². The van der Waals surface area contributed by atoms with Crippen molar-refractivity contribution in [3.05, 3.63) is 71.8 Å². The van der Waals surface area contributed by atoms with E-state index in [0.29, 0.717) is 10.7 Å². The number of hydrogen-bond donors (Lipinski definition) is 0. The summed E-state index contributed by atoms with van der Waals surface area (Å²) >= 11 is 7.16. The minimum atomic E-state index is -0.499. The lowest BCUT2D eigenvalue weighted by molar-refractivity contribution is 0.0788. The van der Waals surface area contributed by atoms with Crippen LogP contribution in [0.3, 0.4) is 0 Å². The molecule has 2 aliphatic heterocycles. The van der Waals surface area contributed by atoms with Crippen LogP contribution in [0.2, 0.25) is 0 Å². The number of benzene rings is 2. The molecule has 5 nitrogen and oxygen atoms in total. The largest absolute Gasteiger partial charge is 0.269 e. The summed E-state index contributed by atoms with van der Waals surface area (Å²) in [6, 6.07) is 18.9. The molecule has 0 aromatic heterocycles. The fourth-order valence-corrected chi connectivity index (χ4v) is 4.02. The number of thioether (sulfide) groups is 1. The molecular formula is C19H16N4OS2. The van der Waals surface area contributed by atoms with Gasteiger partial charge in [-0.25, -0.2) is 4.99 Å². The van der Waals surface area contributed by atoms with Gasteiger partial charge in [0.15, 0.2) is 11.3 Å². The fraction of sp³-hybridized carbons (Fsp3) is 0.158. The number of amidine groups is 1. The second-order valence-electron chi connectivity index (χ2n) is 5.78. The Morgan fingerprint density at radius 3 is 2.42 bits per heavy atom. The zero-order valence-corrected chi connectivity index (χ0v) is 15.7. The average Bonchev–Trinajstić information content (AvgIpc) is 3.12. The van der Waals surface area contributed by atoms with E-state index in [-0.39, 0.29) is 5.91 Å². The number of thiocarbonyl (C=S) groups is 1. The van der Waals surface area contributed by atoms with Gasteiger partial charge in [0.05, 0.1) is 0 Å². The molecule has 0 fully saturated rings. The smallest absolute Gasteiger partial charge is 0.262 e. The van der Waals surface area contributed by atoms with Crippen molar-refractivity contribution in [1.82, 2.24) is 9.91 Å². The van der Waals surface area contributed by atoms with Gasteiger partial charge in [0.25, 0.3) is 5.91 Å². The molecule has 0 aliphatic carbocycles. The van der Waals surface area contributed by atoms with Crippen molar-refractivity contribution in [3.8, 4) is 0 Å². The predicted molar refractivity (Wildman–Crippen MR) is 109 cm³/mol. The first-order valence-corrected chi connectivity index (χ1v) is 9.52. The summed E-state index contributed by atoms with van der Waals surface area (Å²) in [5.41, 5.74) is 1.48. The number of carbonyl (C=O) groups is 1. The molecular weight excluding hydrogens is 364 g/mol. The van der Waals surface area contributed by atoms with Gasteiger partial charge in [0.1, 0.15) is 5.04 Å². The van der Waals surface area contributed by atoms with Crippen molar-refractivity contribution in [2.24, 2.45) is 10.1 Å². The highest BCUT2D eigenvalue weighted by Gasteiger charge is 2.41. The van der Waals surface area contributed by atoms with E-state index in [9.17, 15) is 4.79 Å². The molecule has 4 rings (SSSR count). The molecule has 1 atom stereocenters. The second-order valence-corrected chi connectivity index (χ2v) is 7.19. The van der Waals surface area contributed by atoms with Gasteiger partial charge in [0, 0.05) is 5.56 Å². The summed E-state index contributed by atoms with van der Waals surface area (Å²) in [6.07, 6.45) is 0.299. The first kappa shape index (κ1) is 16.9. The van der Waals surface area contributed by atoms with Crippen molar-refractivity contribution >= 4 is 45.2 Å². The van der Waals surface area contributed by atoms with Crippen molar-refractivity contribution in [2.45, 2.75) is 19.5 Å². The van der Waals surface area contributed by atoms with Crippen LogP contribution in [0.15, 0.2) is 70.8 Å². The maximum Gasteiger partial charge on any atom is 0.262 e. The first-order chi connectivity index (χ1) is 12.7. The van der Waals surface area contributed by atoms with Crippen LogP contribution in [-0.2, 0) is 0 Å². The van der Waals surface area contributed by atoms with Gasteiger partial charge in [-0.15, -0.1) is 0 Å². The molecule has 0 bridgehead atoms. The van der Waals surface area contributed by atoms with Crippen LogP contribution in [0.5, 0.6) is 0 Å². The van der Waals surface area contributed by atoms with E-state index in [1.54, 1.807) is 22.0 Å². The van der Waals surface area contributed by atoms with Crippen LogP contribution in [0.4, 0.5) is 0 Å². The molecule has 0 saturated carbocycles. The Morgan fingerprint density at radius 2 is 1.77 bits per heavy atom. The predicted octanol–water partition coefficient (Wildman–Crippen LogP) is 4.25. The molecule has 2 aliphatic rings. The van der Waals surface area contributed by atoms with E-state index in [0.717, 1.165) is 22.2 Å². The summed E-state index contributed by atoms with van der Waals surface area (Å²) in [6.45, 7) is 2.04. The lowest BCUT2D eigenvalue weighted by Crippen LogP contribution is -2.49. The quantitative estimate of drug-likeness (QED) is 0.747. The van der Waals surface area contributed by atoms with Crippen LogP contribution in [-0.4, -0.2) is 31.1 Å². The molecule has 2 aromatic carbocycles. The van der Waals surface area contributed by atoms with Crippen molar-refractivity contribution in [2.75, 3.05) is 0 Å². The van der Waals surface area contributed by atoms with Gasteiger partial charge in [-0.2, -0.15) is 10.1 Å². The summed E-state index contributed by atoms with van der Waals surface area (Å²) in [5, 5.41) is 8.12. The van der Waals surface area contributed by atoms with Gasteiger partial charge in [-0.1, -0.05) is 55.5 Å². The molecule has 0 spiro atoms. The Balaban J connectivity index is 1.80. The van der Waals surface area contributed by atoms with Crippen LogP contribution in [0.1, 0.15) is 35.4 Å². The van der Waals surface area contributed by atoms with Gasteiger partial charge < -0.3 is 0 Å². The molecule has 7 heteroatoms. The Hall–Kier alpha value is -2.51. The third-order valence-corrected chi connectivity index (χ3v) is 5.54. The first-order valence-electron chi connectivity index (χ1n) is 8.30. The molecule has 0 N–H and O–H groups in total. The minimum Gasteiger partial charge on any atom is -0.269 e. The lowest BCUT2D eigenvalue weighted by Gasteiger charge is -2.36. The van der Waals surface area contributed by atoms with E-state index in [1.165, 1.54) is 11.8 Å². The van der Waals surface area contributed by atoms with Crippen molar-refractivity contribution < 1.29 is 4.79 Å². The highest BCUT2D eigenvalue weighted by Crippen LogP contribution is 2.36. The van der Waals surface area contributed by atoms with Crippen molar-refractivity contribution in [3.63, 3.8) is 0 Å². The highest BCUT2D eigenvalue weighted by molar-refractivity contribution is 8.26. The zero-order valence-electron chi connectivity index (χ0n) is 14.1. The third-order valence-electron chi connectivity index (χ3n) is 4.11. The fourth-order valence-electron chi connectivity index (χ4n) is 2.81. The van der Waals surface area contributed by atoms with Crippen LogP contribution in [0.25, 0.3) is 0 Å². The number of carbonyl (C=O) groups excluding carboxylic acids is 1. The van der Waals surface area contributed by atoms with E-state index in [1.807, 2.05) is 55.5 Å². The Kier molecular flexibility index (Phi) is 4.57. The minimum absolute atomic E-state index is 0.183. The Bertz CT molecular complexity index is 912. The Morgan fingerprint density at radius 1 is 1.12 bits per heavy atom. The van der Waals surface area contributed by atoms with Gasteiger partial charge in [0.2, 0.25) is 5.11 Å². The second kappa shape index (κ2) is 7.01. The van der Waals surface area contributed by atoms with E-state index < -0.39 is 6.17 Å². The number of hydrogen-bond acceptors (Lipinski definition) is 5. The van der Waals surface area contributed by atoms with Crippen LogP contribution < -0.4 is 0 Å².